The molecule has 0 aliphatic heterocycles. The van der Waals surface area contributed by atoms with E-state index in [0.717, 1.165) is 40.7 Å². The average molecular weight is 498 g/mol. The number of para-hydroxylation sites is 1. The van der Waals surface area contributed by atoms with Crippen LogP contribution < -0.4 is 10.2 Å². The molecule has 3 aromatic rings. The predicted octanol–water partition coefficient (Wildman–Crippen LogP) is 5.74. The van der Waals surface area contributed by atoms with Crippen LogP contribution in [0.1, 0.15) is 50.6 Å². The molecule has 1 amide bonds. The van der Waals surface area contributed by atoms with Crippen molar-refractivity contribution in [3.8, 4) is 17.1 Å². The van der Waals surface area contributed by atoms with Gasteiger partial charge in [-0.15, -0.1) is 10.2 Å². The maximum absolute atomic E-state index is 12.5. The minimum Gasteiger partial charge on any atom is -0.493 e. The first-order valence-corrected chi connectivity index (χ1v) is 12.9. The van der Waals surface area contributed by atoms with Crippen LogP contribution in [0.25, 0.3) is 11.4 Å². The predicted molar refractivity (Wildman–Crippen MR) is 137 cm³/mol. The largest absolute Gasteiger partial charge is 0.493 e. The highest BCUT2D eigenvalue weighted by atomic mass is 35.5. The number of rotatable bonds is 9. The van der Waals surface area contributed by atoms with E-state index in [0.29, 0.717) is 17.7 Å². The number of benzene rings is 2. The van der Waals surface area contributed by atoms with Crippen LogP contribution in [0.4, 0.5) is 0 Å². The summed E-state index contributed by atoms with van der Waals surface area (Å²) in [6.07, 6.45) is 7.39. The smallest absolute Gasteiger partial charge is 0.250 e. The SMILES string of the molecule is CCOc1ccccc1/C=N/NC(=O)CSc1nnc(-c2ccc(Cl)cc2)n1C1CCCCC1. The van der Waals surface area contributed by atoms with Gasteiger partial charge in [-0.3, -0.25) is 9.36 Å². The van der Waals surface area contributed by atoms with Crippen molar-refractivity contribution in [1.82, 2.24) is 20.2 Å². The summed E-state index contributed by atoms with van der Waals surface area (Å²) in [5.74, 6) is 1.53. The Labute approximate surface area is 208 Å². The Balaban J connectivity index is 1.44. The van der Waals surface area contributed by atoms with Gasteiger partial charge in [0, 0.05) is 22.2 Å². The Morgan fingerprint density at radius 1 is 1.18 bits per heavy atom. The van der Waals surface area contributed by atoms with Crippen molar-refractivity contribution < 1.29 is 9.53 Å². The maximum atomic E-state index is 12.5. The normalized spacial score (nSPS) is 14.4. The summed E-state index contributed by atoms with van der Waals surface area (Å²) in [6, 6.07) is 15.5. The van der Waals surface area contributed by atoms with Gasteiger partial charge in [-0.1, -0.05) is 54.8 Å². The van der Waals surface area contributed by atoms with Gasteiger partial charge in [0.2, 0.25) is 0 Å². The third kappa shape index (κ3) is 6.18. The molecule has 0 saturated heterocycles. The van der Waals surface area contributed by atoms with E-state index in [2.05, 4.69) is 25.3 Å². The van der Waals surface area contributed by atoms with E-state index in [9.17, 15) is 4.79 Å². The van der Waals surface area contributed by atoms with Crippen molar-refractivity contribution >= 4 is 35.5 Å². The molecule has 7 nitrogen and oxygen atoms in total. The summed E-state index contributed by atoms with van der Waals surface area (Å²) in [5.41, 5.74) is 4.37. The number of carbonyl (C=O) groups excluding carboxylic acids is 1. The number of carbonyl (C=O) groups is 1. The van der Waals surface area contributed by atoms with Gasteiger partial charge in [-0.05, 0) is 56.2 Å². The van der Waals surface area contributed by atoms with Crippen molar-refractivity contribution in [3.63, 3.8) is 0 Å². The number of nitrogens with one attached hydrogen (secondary N) is 1. The third-order valence-corrected chi connectivity index (χ3v) is 6.85. The highest BCUT2D eigenvalue weighted by Crippen LogP contribution is 2.35. The molecule has 4 rings (SSSR count). The van der Waals surface area contributed by atoms with Crippen LogP contribution in [0, 0.1) is 0 Å². The Morgan fingerprint density at radius 3 is 2.71 bits per heavy atom. The molecule has 178 valence electrons. The molecule has 1 heterocycles. The summed E-state index contributed by atoms with van der Waals surface area (Å²) in [5, 5.41) is 14.4. The summed E-state index contributed by atoms with van der Waals surface area (Å²) < 4.78 is 7.78. The molecule has 1 aliphatic carbocycles. The fraction of sp³-hybridized carbons (Fsp3) is 0.360. The van der Waals surface area contributed by atoms with Gasteiger partial charge in [0.15, 0.2) is 11.0 Å². The van der Waals surface area contributed by atoms with Crippen LogP contribution in [0.2, 0.25) is 5.02 Å². The van der Waals surface area contributed by atoms with Gasteiger partial charge in [-0.25, -0.2) is 5.43 Å². The molecule has 9 heteroatoms. The summed E-state index contributed by atoms with van der Waals surface area (Å²) in [4.78, 5) is 12.5. The number of aromatic nitrogens is 3. The number of hydrazone groups is 1. The highest BCUT2D eigenvalue weighted by Gasteiger charge is 2.24. The zero-order valence-electron chi connectivity index (χ0n) is 19.1. The Bertz CT molecular complexity index is 1130. The minimum atomic E-state index is -0.207. The second-order valence-corrected chi connectivity index (χ2v) is 9.41. The first-order valence-electron chi connectivity index (χ1n) is 11.5. The number of amides is 1. The van der Waals surface area contributed by atoms with Crippen LogP contribution in [-0.2, 0) is 4.79 Å². The second-order valence-electron chi connectivity index (χ2n) is 8.03. The summed E-state index contributed by atoms with van der Waals surface area (Å²) >= 11 is 7.45. The molecule has 2 aromatic carbocycles. The molecule has 1 aliphatic rings. The Kier molecular flexibility index (Phi) is 8.60. The number of ether oxygens (including phenoxy) is 1. The lowest BCUT2D eigenvalue weighted by atomic mass is 9.95. The van der Waals surface area contributed by atoms with Crippen molar-refractivity contribution in [2.75, 3.05) is 12.4 Å². The fourth-order valence-electron chi connectivity index (χ4n) is 4.05. The molecule has 0 bridgehead atoms. The van der Waals surface area contributed by atoms with Crippen LogP contribution in [-0.4, -0.2) is 39.2 Å². The quantitative estimate of drug-likeness (QED) is 0.231. The van der Waals surface area contributed by atoms with Gasteiger partial charge in [0.1, 0.15) is 5.75 Å². The fourth-order valence-corrected chi connectivity index (χ4v) is 4.97. The van der Waals surface area contributed by atoms with E-state index in [-0.39, 0.29) is 11.7 Å². The van der Waals surface area contributed by atoms with E-state index >= 15 is 0 Å². The molecule has 0 unspecified atom stereocenters. The molecule has 1 N–H and O–H groups in total. The van der Waals surface area contributed by atoms with Crippen molar-refractivity contribution in [1.29, 1.82) is 0 Å². The minimum absolute atomic E-state index is 0.190. The van der Waals surface area contributed by atoms with Gasteiger partial charge < -0.3 is 4.74 Å². The molecule has 34 heavy (non-hydrogen) atoms. The van der Waals surface area contributed by atoms with E-state index in [1.54, 1.807) is 6.21 Å². The van der Waals surface area contributed by atoms with E-state index in [4.69, 9.17) is 16.3 Å². The molecule has 1 fully saturated rings. The molecule has 1 aromatic heterocycles. The first kappa shape index (κ1) is 24.3. The lowest BCUT2D eigenvalue weighted by Gasteiger charge is -2.25. The van der Waals surface area contributed by atoms with Gasteiger partial charge in [0.05, 0.1) is 18.6 Å². The molecule has 0 radical (unpaired) electrons. The van der Waals surface area contributed by atoms with Crippen molar-refractivity contribution in [3.05, 3.63) is 59.1 Å². The van der Waals surface area contributed by atoms with Crippen LogP contribution in [0.5, 0.6) is 5.75 Å². The Morgan fingerprint density at radius 2 is 1.94 bits per heavy atom. The van der Waals surface area contributed by atoms with E-state index < -0.39 is 0 Å². The van der Waals surface area contributed by atoms with E-state index in [1.165, 1.54) is 31.0 Å². The highest BCUT2D eigenvalue weighted by molar-refractivity contribution is 7.99. The van der Waals surface area contributed by atoms with Crippen LogP contribution >= 0.6 is 23.4 Å². The number of hydrogen-bond donors (Lipinski definition) is 1. The first-order chi connectivity index (χ1) is 16.7. The number of thioether (sulfide) groups is 1. The summed E-state index contributed by atoms with van der Waals surface area (Å²) in [7, 11) is 0. The lowest BCUT2D eigenvalue weighted by Crippen LogP contribution is -2.20. The molecule has 0 spiro atoms. The van der Waals surface area contributed by atoms with Crippen molar-refractivity contribution in [2.24, 2.45) is 5.10 Å². The van der Waals surface area contributed by atoms with Crippen LogP contribution in [0.3, 0.4) is 0 Å². The zero-order chi connectivity index (χ0) is 23.8. The molecule has 1 saturated carbocycles. The zero-order valence-corrected chi connectivity index (χ0v) is 20.7. The Hall–Kier alpha value is -2.84. The van der Waals surface area contributed by atoms with Gasteiger partial charge in [0.25, 0.3) is 5.91 Å². The number of nitrogens with zero attached hydrogens (tertiary/aromatic N) is 4. The number of halogens is 1. The topological polar surface area (TPSA) is 81.4 Å². The maximum Gasteiger partial charge on any atom is 0.250 e. The molecular weight excluding hydrogens is 470 g/mol. The number of hydrogen-bond acceptors (Lipinski definition) is 6. The lowest BCUT2D eigenvalue weighted by molar-refractivity contribution is -0.118. The van der Waals surface area contributed by atoms with Gasteiger partial charge >= 0.3 is 0 Å². The van der Waals surface area contributed by atoms with Crippen molar-refractivity contribution in [2.45, 2.75) is 50.2 Å². The summed E-state index contributed by atoms with van der Waals surface area (Å²) in [6.45, 7) is 2.49. The average Bonchev–Trinajstić information content (AvgIpc) is 3.29. The van der Waals surface area contributed by atoms with Crippen LogP contribution in [0.15, 0.2) is 58.8 Å². The second kappa shape index (κ2) is 12.0. The molecule has 0 atom stereocenters. The third-order valence-electron chi connectivity index (χ3n) is 5.65. The standard InChI is InChI=1S/C25H28ClN5O2S/c1-2-33-22-11-7-6-8-19(22)16-27-28-23(32)17-34-25-30-29-24(18-12-14-20(26)15-13-18)31(25)21-9-4-3-5-10-21/h6-8,11-16,21H,2-5,9-10,17H2,1H3,(H,28,32)/b27-16+. The molecular formula is C25H28ClN5O2S. The van der Waals surface area contributed by atoms with Gasteiger partial charge in [-0.2, -0.15) is 5.10 Å². The monoisotopic (exact) mass is 497 g/mol. The van der Waals surface area contributed by atoms with E-state index in [1.807, 2.05) is 55.5 Å².